The van der Waals surface area contributed by atoms with Crippen LogP contribution >= 0.6 is 23.4 Å². The van der Waals surface area contributed by atoms with Gasteiger partial charge in [0, 0.05) is 17.1 Å². The highest BCUT2D eigenvalue weighted by molar-refractivity contribution is 7.98. The van der Waals surface area contributed by atoms with Gasteiger partial charge in [0.05, 0.1) is 6.33 Å². The largest absolute Gasteiger partial charge is 0.358 e. The molecule has 0 amide bonds. The second kappa shape index (κ2) is 6.70. The average Bonchev–Trinajstić information content (AvgIpc) is 3.05. The Labute approximate surface area is 149 Å². The number of hydrogen-bond acceptors (Lipinski definition) is 5. The van der Waals surface area contributed by atoms with Gasteiger partial charge in [-0.25, -0.2) is 9.97 Å². The van der Waals surface area contributed by atoms with Crippen LogP contribution in [0.3, 0.4) is 0 Å². The first-order valence-corrected chi connectivity index (χ1v) is 9.52. The van der Waals surface area contributed by atoms with E-state index in [1.165, 1.54) is 4.90 Å². The Kier molecular flexibility index (Phi) is 4.43. The molecule has 124 valence electrons. The van der Waals surface area contributed by atoms with E-state index in [0.29, 0.717) is 0 Å². The summed E-state index contributed by atoms with van der Waals surface area (Å²) in [5, 5.41) is 0.226. The molecule has 1 fully saturated rings. The third-order valence-electron chi connectivity index (χ3n) is 4.22. The van der Waals surface area contributed by atoms with Crippen molar-refractivity contribution in [2.24, 2.45) is 0 Å². The van der Waals surface area contributed by atoms with Crippen LogP contribution < -0.4 is 0 Å². The van der Waals surface area contributed by atoms with Gasteiger partial charge in [-0.15, -0.1) is 11.8 Å². The van der Waals surface area contributed by atoms with Gasteiger partial charge in [-0.2, -0.15) is 4.98 Å². The zero-order valence-corrected chi connectivity index (χ0v) is 14.8. The van der Waals surface area contributed by atoms with Crippen LogP contribution in [0, 0.1) is 0 Å². The highest BCUT2D eigenvalue weighted by atomic mass is 35.5. The van der Waals surface area contributed by atoms with Crippen LogP contribution in [0.1, 0.15) is 25.5 Å². The van der Waals surface area contributed by atoms with Crippen LogP contribution in [0.4, 0.5) is 0 Å². The number of ether oxygens (including phenoxy) is 1. The van der Waals surface area contributed by atoms with Crippen LogP contribution in [0.5, 0.6) is 0 Å². The number of imidazole rings is 1. The molecular formula is C17H17ClN4OS. The third-order valence-corrected chi connectivity index (χ3v) is 5.14. The quantitative estimate of drug-likeness (QED) is 0.506. The fraction of sp³-hybridized carbons (Fsp3) is 0.353. The Hall–Kier alpha value is -1.63. The first-order valence-electron chi connectivity index (χ1n) is 7.92. The Morgan fingerprint density at radius 3 is 2.75 bits per heavy atom. The third kappa shape index (κ3) is 2.90. The zero-order chi connectivity index (χ0) is 16.5. The van der Waals surface area contributed by atoms with Crippen molar-refractivity contribution >= 4 is 34.5 Å². The fourth-order valence-electron chi connectivity index (χ4n) is 2.99. The smallest absolute Gasteiger partial charge is 0.225 e. The van der Waals surface area contributed by atoms with E-state index in [-0.39, 0.29) is 11.5 Å². The summed E-state index contributed by atoms with van der Waals surface area (Å²) >= 11 is 7.90. The summed E-state index contributed by atoms with van der Waals surface area (Å²) in [5.41, 5.74) is 3.22. The normalized spacial score (nSPS) is 18.2. The molecule has 1 aromatic carbocycles. The lowest BCUT2D eigenvalue weighted by Gasteiger charge is -2.23. The number of thioether (sulfide) groups is 1. The van der Waals surface area contributed by atoms with E-state index in [2.05, 4.69) is 33.3 Å². The molecule has 1 aliphatic heterocycles. The van der Waals surface area contributed by atoms with E-state index < -0.39 is 0 Å². The first-order chi connectivity index (χ1) is 11.8. The minimum atomic E-state index is -0.0264. The Morgan fingerprint density at radius 2 is 2.04 bits per heavy atom. The zero-order valence-electron chi connectivity index (χ0n) is 13.3. The molecule has 0 radical (unpaired) electrons. The van der Waals surface area contributed by atoms with Gasteiger partial charge in [-0.1, -0.05) is 12.1 Å². The number of benzene rings is 1. The van der Waals surface area contributed by atoms with Gasteiger partial charge in [0.2, 0.25) is 5.28 Å². The van der Waals surface area contributed by atoms with Crippen LogP contribution in [-0.2, 0) is 4.74 Å². The molecule has 0 bridgehead atoms. The molecule has 2 aromatic heterocycles. The minimum absolute atomic E-state index is 0.0264. The fourth-order valence-corrected chi connectivity index (χ4v) is 3.57. The first kappa shape index (κ1) is 15.9. The van der Waals surface area contributed by atoms with E-state index in [1.807, 2.05) is 16.7 Å². The molecule has 24 heavy (non-hydrogen) atoms. The van der Waals surface area contributed by atoms with E-state index in [1.54, 1.807) is 18.1 Å². The number of hydrogen-bond donors (Lipinski definition) is 0. The Morgan fingerprint density at radius 1 is 1.21 bits per heavy atom. The van der Waals surface area contributed by atoms with Crippen LogP contribution in [0.15, 0.2) is 35.5 Å². The number of nitrogens with zero attached hydrogens (tertiary/aromatic N) is 4. The Balaban J connectivity index is 1.82. The van der Waals surface area contributed by atoms with Crippen LogP contribution in [0.25, 0.3) is 22.4 Å². The topological polar surface area (TPSA) is 52.8 Å². The van der Waals surface area contributed by atoms with Crippen molar-refractivity contribution < 1.29 is 4.74 Å². The molecule has 3 heterocycles. The van der Waals surface area contributed by atoms with Gasteiger partial charge in [-0.05, 0) is 49.3 Å². The van der Waals surface area contributed by atoms with Crippen molar-refractivity contribution in [3.05, 3.63) is 35.9 Å². The molecule has 1 saturated heterocycles. The summed E-state index contributed by atoms with van der Waals surface area (Å²) in [7, 11) is 0. The molecule has 1 aliphatic rings. The van der Waals surface area contributed by atoms with Gasteiger partial charge in [0.25, 0.3) is 0 Å². The van der Waals surface area contributed by atoms with E-state index in [0.717, 1.165) is 48.3 Å². The number of rotatable bonds is 3. The van der Waals surface area contributed by atoms with Crippen molar-refractivity contribution in [1.82, 2.24) is 19.5 Å². The maximum atomic E-state index is 6.19. The molecule has 0 N–H and O–H groups in total. The van der Waals surface area contributed by atoms with Gasteiger partial charge in [-0.3, -0.25) is 4.57 Å². The highest BCUT2D eigenvalue weighted by Gasteiger charge is 2.21. The average molecular weight is 361 g/mol. The molecule has 5 nitrogen and oxygen atoms in total. The van der Waals surface area contributed by atoms with Gasteiger partial charge in [0.1, 0.15) is 17.4 Å². The second-order valence-electron chi connectivity index (χ2n) is 5.72. The predicted octanol–water partition coefficient (Wildman–Crippen LogP) is 4.57. The van der Waals surface area contributed by atoms with E-state index in [9.17, 15) is 0 Å². The second-order valence-corrected chi connectivity index (χ2v) is 6.93. The predicted molar refractivity (Wildman–Crippen MR) is 96.4 cm³/mol. The molecular weight excluding hydrogens is 344 g/mol. The van der Waals surface area contributed by atoms with Crippen LogP contribution in [0.2, 0.25) is 5.28 Å². The molecule has 0 aliphatic carbocycles. The summed E-state index contributed by atoms with van der Waals surface area (Å²) in [6, 6.07) is 8.23. The van der Waals surface area contributed by atoms with Crippen molar-refractivity contribution in [2.75, 3.05) is 12.9 Å². The monoisotopic (exact) mass is 360 g/mol. The summed E-state index contributed by atoms with van der Waals surface area (Å²) in [4.78, 5) is 14.6. The maximum Gasteiger partial charge on any atom is 0.225 e. The summed E-state index contributed by atoms with van der Waals surface area (Å²) in [6.07, 6.45) is 7.02. The van der Waals surface area contributed by atoms with Crippen molar-refractivity contribution in [2.45, 2.75) is 30.4 Å². The maximum absolute atomic E-state index is 6.19. The number of fused-ring (bicyclic) bond motifs is 1. The van der Waals surface area contributed by atoms with Gasteiger partial charge in [0.15, 0.2) is 5.65 Å². The standard InChI is InChI=1S/C17H17ClN4OS/c1-24-12-7-5-11(6-8-12)14-15-16(21-17(18)20-14)22(10-19-15)13-4-2-3-9-23-13/h5-8,10,13H,2-4,9H2,1H3. The number of halogens is 1. The molecule has 4 rings (SSSR count). The molecule has 7 heteroatoms. The van der Waals surface area contributed by atoms with E-state index >= 15 is 0 Å². The van der Waals surface area contributed by atoms with E-state index in [4.69, 9.17) is 16.3 Å². The molecule has 0 saturated carbocycles. The summed E-state index contributed by atoms with van der Waals surface area (Å²) < 4.78 is 7.84. The van der Waals surface area contributed by atoms with Gasteiger partial charge >= 0.3 is 0 Å². The number of aromatic nitrogens is 4. The van der Waals surface area contributed by atoms with Crippen LogP contribution in [-0.4, -0.2) is 32.4 Å². The van der Waals surface area contributed by atoms with Crippen molar-refractivity contribution in [3.63, 3.8) is 0 Å². The summed E-state index contributed by atoms with van der Waals surface area (Å²) in [6.45, 7) is 0.770. The van der Waals surface area contributed by atoms with Gasteiger partial charge < -0.3 is 4.74 Å². The Bertz CT molecular complexity index is 859. The summed E-state index contributed by atoms with van der Waals surface area (Å²) in [5.74, 6) is 0. The van der Waals surface area contributed by atoms with Crippen molar-refractivity contribution in [3.8, 4) is 11.3 Å². The molecule has 1 unspecified atom stereocenters. The molecule has 1 atom stereocenters. The minimum Gasteiger partial charge on any atom is -0.358 e. The lowest BCUT2D eigenvalue weighted by molar-refractivity contribution is -0.0298. The molecule has 0 spiro atoms. The van der Waals surface area contributed by atoms with Crippen molar-refractivity contribution in [1.29, 1.82) is 0 Å². The lowest BCUT2D eigenvalue weighted by atomic mass is 10.1. The highest BCUT2D eigenvalue weighted by Crippen LogP contribution is 2.31. The SMILES string of the molecule is CSc1ccc(-c2nc(Cl)nc3c2ncn3C2CCCCO2)cc1. The lowest BCUT2D eigenvalue weighted by Crippen LogP contribution is -2.17. The molecule has 3 aromatic rings.